The highest BCUT2D eigenvalue weighted by Gasteiger charge is 2.30. The smallest absolute Gasteiger partial charge is 0.223 e. The Hall–Kier alpha value is -1.33. The number of carbonyl (C=O) groups is 1. The van der Waals surface area contributed by atoms with E-state index in [1.54, 1.807) is 6.20 Å². The third kappa shape index (κ3) is 4.82. The number of rotatable bonds is 6. The summed E-state index contributed by atoms with van der Waals surface area (Å²) in [6, 6.07) is 3.75. The summed E-state index contributed by atoms with van der Waals surface area (Å²) in [4.78, 5) is 19.0. The number of amides is 1. The molecule has 6 heteroatoms. The summed E-state index contributed by atoms with van der Waals surface area (Å²) in [6.45, 7) is 5.75. The van der Waals surface area contributed by atoms with Crippen LogP contribution in [0.4, 0.5) is 5.82 Å². The summed E-state index contributed by atoms with van der Waals surface area (Å²) < 4.78 is 0. The second kappa shape index (κ2) is 7.97. The molecular formula is C17H26ClN3O2. The van der Waals surface area contributed by atoms with Crippen LogP contribution in [0.25, 0.3) is 0 Å². The van der Waals surface area contributed by atoms with E-state index in [4.69, 9.17) is 16.7 Å². The van der Waals surface area contributed by atoms with Crippen molar-refractivity contribution >= 4 is 23.3 Å². The lowest BCUT2D eigenvalue weighted by molar-refractivity contribution is -0.127. The third-order valence-corrected chi connectivity index (χ3v) is 4.99. The molecule has 2 rings (SSSR count). The first-order valence-corrected chi connectivity index (χ1v) is 8.64. The van der Waals surface area contributed by atoms with Gasteiger partial charge < -0.3 is 15.3 Å². The van der Waals surface area contributed by atoms with Crippen LogP contribution in [-0.4, -0.2) is 41.2 Å². The Morgan fingerprint density at radius 2 is 2.17 bits per heavy atom. The molecule has 1 atom stereocenters. The van der Waals surface area contributed by atoms with Gasteiger partial charge in [0, 0.05) is 37.4 Å². The lowest BCUT2D eigenvalue weighted by Gasteiger charge is -2.35. The monoisotopic (exact) mass is 339 g/mol. The summed E-state index contributed by atoms with van der Waals surface area (Å²) >= 11 is 5.86. The number of aliphatic hydroxyl groups excluding tert-OH is 1. The molecule has 5 nitrogen and oxygen atoms in total. The molecule has 23 heavy (non-hydrogen) atoms. The second-order valence-corrected chi connectivity index (χ2v) is 6.91. The van der Waals surface area contributed by atoms with Crippen LogP contribution in [0.15, 0.2) is 18.3 Å². The van der Waals surface area contributed by atoms with Crippen molar-refractivity contribution in [2.75, 3.05) is 24.6 Å². The molecule has 1 fully saturated rings. The first-order valence-electron chi connectivity index (χ1n) is 8.27. The fraction of sp³-hybridized carbons (Fsp3) is 0.647. The maximum absolute atomic E-state index is 12.5. The number of aliphatic hydroxyl groups is 1. The molecule has 1 aromatic rings. The van der Waals surface area contributed by atoms with Crippen LogP contribution in [0.5, 0.6) is 0 Å². The average Bonchev–Trinajstić information content (AvgIpc) is 2.56. The molecule has 1 amide bonds. The maximum atomic E-state index is 12.5. The van der Waals surface area contributed by atoms with Crippen molar-refractivity contribution in [2.24, 2.45) is 5.92 Å². The summed E-state index contributed by atoms with van der Waals surface area (Å²) in [6.07, 6.45) is 4.68. The number of aromatic nitrogens is 1. The summed E-state index contributed by atoms with van der Waals surface area (Å²) in [7, 11) is 0. The fourth-order valence-corrected chi connectivity index (χ4v) is 3.01. The van der Waals surface area contributed by atoms with Crippen molar-refractivity contribution in [1.29, 1.82) is 0 Å². The van der Waals surface area contributed by atoms with Crippen LogP contribution in [0.3, 0.4) is 0 Å². The van der Waals surface area contributed by atoms with Gasteiger partial charge in [0.2, 0.25) is 5.91 Å². The van der Waals surface area contributed by atoms with Crippen molar-refractivity contribution in [3.05, 3.63) is 23.4 Å². The lowest BCUT2D eigenvalue weighted by atomic mass is 9.91. The zero-order valence-corrected chi connectivity index (χ0v) is 14.6. The van der Waals surface area contributed by atoms with Crippen molar-refractivity contribution in [3.8, 4) is 0 Å². The number of nitrogens with zero attached hydrogens (tertiary/aromatic N) is 2. The largest absolute Gasteiger partial charge is 0.396 e. The van der Waals surface area contributed by atoms with Gasteiger partial charge in [-0.15, -0.1) is 0 Å². The molecule has 0 bridgehead atoms. The van der Waals surface area contributed by atoms with E-state index in [2.05, 4.69) is 15.2 Å². The second-order valence-electron chi connectivity index (χ2n) is 6.47. The van der Waals surface area contributed by atoms with Crippen molar-refractivity contribution in [2.45, 2.75) is 45.1 Å². The van der Waals surface area contributed by atoms with Gasteiger partial charge in [0.15, 0.2) is 0 Å². The van der Waals surface area contributed by atoms with Crippen molar-refractivity contribution < 1.29 is 9.90 Å². The SMILES string of the molecule is CCC(C)(CCO)NC(=O)C1CCN(c2ccc(Cl)cn2)CC1. The summed E-state index contributed by atoms with van der Waals surface area (Å²) in [5.41, 5.74) is -0.319. The minimum absolute atomic E-state index is 0.0307. The number of halogens is 1. The topological polar surface area (TPSA) is 65.5 Å². The number of piperidine rings is 1. The van der Waals surface area contributed by atoms with Gasteiger partial charge in [-0.1, -0.05) is 18.5 Å². The van der Waals surface area contributed by atoms with Crippen LogP contribution in [0.2, 0.25) is 5.02 Å². The average molecular weight is 340 g/mol. The number of pyridine rings is 1. The van der Waals surface area contributed by atoms with Crippen LogP contribution in [0.1, 0.15) is 39.5 Å². The first-order chi connectivity index (χ1) is 11.0. The maximum Gasteiger partial charge on any atom is 0.223 e. The molecule has 0 radical (unpaired) electrons. The first kappa shape index (κ1) is 18.0. The number of hydrogen-bond donors (Lipinski definition) is 2. The zero-order chi connectivity index (χ0) is 16.9. The minimum atomic E-state index is -0.319. The summed E-state index contributed by atoms with van der Waals surface area (Å²) in [5, 5.41) is 12.9. The van der Waals surface area contributed by atoms with Crippen molar-refractivity contribution in [3.63, 3.8) is 0 Å². The van der Waals surface area contributed by atoms with Gasteiger partial charge in [-0.25, -0.2) is 4.98 Å². The molecule has 1 unspecified atom stereocenters. The third-order valence-electron chi connectivity index (χ3n) is 4.77. The van der Waals surface area contributed by atoms with E-state index < -0.39 is 0 Å². The molecule has 1 saturated heterocycles. The Bertz CT molecular complexity index is 515. The molecule has 1 aliphatic rings. The molecule has 0 aromatic carbocycles. The van der Waals surface area contributed by atoms with Crippen LogP contribution >= 0.6 is 11.6 Å². The predicted molar refractivity (Wildman–Crippen MR) is 92.7 cm³/mol. The van der Waals surface area contributed by atoms with Gasteiger partial charge in [0.05, 0.1) is 5.02 Å². The Kier molecular flexibility index (Phi) is 6.25. The quantitative estimate of drug-likeness (QED) is 0.836. The zero-order valence-electron chi connectivity index (χ0n) is 13.9. The van der Waals surface area contributed by atoms with Crippen LogP contribution in [-0.2, 0) is 4.79 Å². The highest BCUT2D eigenvalue weighted by Crippen LogP contribution is 2.24. The molecule has 2 heterocycles. The molecule has 128 valence electrons. The molecular weight excluding hydrogens is 314 g/mol. The molecule has 0 aliphatic carbocycles. The molecule has 1 aromatic heterocycles. The highest BCUT2D eigenvalue weighted by molar-refractivity contribution is 6.30. The lowest BCUT2D eigenvalue weighted by Crippen LogP contribution is -2.50. The molecule has 0 spiro atoms. The Morgan fingerprint density at radius 1 is 1.48 bits per heavy atom. The van der Waals surface area contributed by atoms with Gasteiger partial charge in [-0.2, -0.15) is 0 Å². The van der Waals surface area contributed by atoms with E-state index in [9.17, 15) is 4.79 Å². The standard InChI is InChI=1S/C17H26ClN3O2/c1-3-17(2,8-11-22)20-16(23)13-6-9-21(10-7-13)15-5-4-14(18)12-19-15/h4-5,12-13,22H,3,6-11H2,1-2H3,(H,20,23). The molecule has 1 aliphatic heterocycles. The Morgan fingerprint density at radius 3 is 2.70 bits per heavy atom. The van der Waals surface area contributed by atoms with Gasteiger partial charge in [0.1, 0.15) is 5.82 Å². The Labute approximate surface area is 143 Å². The van der Waals surface area contributed by atoms with E-state index >= 15 is 0 Å². The number of nitrogens with one attached hydrogen (secondary N) is 1. The molecule has 2 N–H and O–H groups in total. The van der Waals surface area contributed by atoms with E-state index in [1.165, 1.54) is 0 Å². The van der Waals surface area contributed by atoms with Crippen LogP contribution < -0.4 is 10.2 Å². The highest BCUT2D eigenvalue weighted by atomic mass is 35.5. The van der Waals surface area contributed by atoms with Crippen molar-refractivity contribution in [1.82, 2.24) is 10.3 Å². The van der Waals surface area contributed by atoms with E-state index in [0.29, 0.717) is 11.4 Å². The Balaban J connectivity index is 1.88. The van der Waals surface area contributed by atoms with Gasteiger partial charge in [0.25, 0.3) is 0 Å². The van der Waals surface area contributed by atoms with E-state index in [1.807, 2.05) is 26.0 Å². The minimum Gasteiger partial charge on any atom is -0.396 e. The summed E-state index contributed by atoms with van der Waals surface area (Å²) in [5.74, 6) is 1.04. The normalized spacial score (nSPS) is 18.5. The number of anilines is 1. The predicted octanol–water partition coefficient (Wildman–Crippen LogP) is 2.62. The van der Waals surface area contributed by atoms with Gasteiger partial charge in [-0.05, 0) is 44.7 Å². The number of carbonyl (C=O) groups excluding carboxylic acids is 1. The number of hydrogen-bond acceptors (Lipinski definition) is 4. The van der Waals surface area contributed by atoms with Gasteiger partial charge in [-0.3, -0.25) is 4.79 Å². The van der Waals surface area contributed by atoms with E-state index in [0.717, 1.165) is 38.2 Å². The van der Waals surface area contributed by atoms with Gasteiger partial charge >= 0.3 is 0 Å². The molecule has 0 saturated carbocycles. The van der Waals surface area contributed by atoms with E-state index in [-0.39, 0.29) is 24.0 Å². The fourth-order valence-electron chi connectivity index (χ4n) is 2.90. The van der Waals surface area contributed by atoms with Crippen LogP contribution in [0, 0.1) is 5.92 Å².